The van der Waals surface area contributed by atoms with E-state index < -0.39 is 0 Å². The molecule has 1 saturated heterocycles. The lowest BCUT2D eigenvalue weighted by Crippen LogP contribution is -2.55. The summed E-state index contributed by atoms with van der Waals surface area (Å²) in [5.41, 5.74) is 0.480. The fraction of sp³-hybridized carbons (Fsp3) is 1.00. The van der Waals surface area contributed by atoms with Gasteiger partial charge in [-0.25, -0.2) is 0 Å². The number of aliphatic hydroxyl groups excluding tert-OH is 1. The molecule has 0 aromatic heterocycles. The van der Waals surface area contributed by atoms with Crippen molar-refractivity contribution >= 4 is 0 Å². The molecule has 0 aliphatic carbocycles. The Morgan fingerprint density at radius 1 is 1.21 bits per heavy atom. The van der Waals surface area contributed by atoms with Crippen molar-refractivity contribution < 1.29 is 5.11 Å². The summed E-state index contributed by atoms with van der Waals surface area (Å²) in [4.78, 5) is 2.36. The highest BCUT2D eigenvalue weighted by Crippen LogP contribution is 2.29. The summed E-state index contributed by atoms with van der Waals surface area (Å²) in [7, 11) is 0. The largest absolute Gasteiger partial charge is 0.392 e. The van der Waals surface area contributed by atoms with Crippen molar-refractivity contribution in [3.8, 4) is 0 Å². The molecule has 0 radical (unpaired) electrons. The van der Waals surface area contributed by atoms with Gasteiger partial charge >= 0.3 is 0 Å². The van der Waals surface area contributed by atoms with Crippen LogP contribution in [0, 0.1) is 11.3 Å². The van der Waals surface area contributed by atoms with Crippen LogP contribution in [-0.2, 0) is 0 Å². The Bertz CT molecular complexity index is 167. The fourth-order valence-corrected chi connectivity index (χ4v) is 2.54. The summed E-state index contributed by atoms with van der Waals surface area (Å²) in [6.07, 6.45) is 2.06. The standard InChI is InChI=1S/C12H25NO/c1-5-10(6-2)11(14)7-13-8-12(3,4)9-13/h10-11,14H,5-9H2,1-4H3. The van der Waals surface area contributed by atoms with E-state index in [1.165, 1.54) is 0 Å². The molecule has 1 rings (SSSR count). The molecule has 1 heterocycles. The van der Waals surface area contributed by atoms with Gasteiger partial charge in [0.1, 0.15) is 0 Å². The molecule has 1 N–H and O–H groups in total. The Labute approximate surface area is 88.3 Å². The summed E-state index contributed by atoms with van der Waals surface area (Å²) in [5, 5.41) is 9.97. The Balaban J connectivity index is 2.24. The van der Waals surface area contributed by atoms with E-state index in [0.29, 0.717) is 11.3 Å². The van der Waals surface area contributed by atoms with Gasteiger partial charge in [0.2, 0.25) is 0 Å². The lowest BCUT2D eigenvalue weighted by Gasteiger charge is -2.47. The predicted octanol–water partition coefficient (Wildman–Crippen LogP) is 2.13. The van der Waals surface area contributed by atoms with E-state index in [1.54, 1.807) is 0 Å². The van der Waals surface area contributed by atoms with Crippen LogP contribution in [0.25, 0.3) is 0 Å². The zero-order valence-corrected chi connectivity index (χ0v) is 10.1. The number of aliphatic hydroxyl groups is 1. The lowest BCUT2D eigenvalue weighted by molar-refractivity contribution is -0.0223. The van der Waals surface area contributed by atoms with Crippen molar-refractivity contribution in [3.63, 3.8) is 0 Å². The molecule has 0 saturated carbocycles. The Morgan fingerprint density at radius 2 is 1.71 bits per heavy atom. The van der Waals surface area contributed by atoms with Gasteiger partial charge < -0.3 is 5.11 Å². The zero-order chi connectivity index (χ0) is 10.8. The third-order valence-electron chi connectivity index (χ3n) is 3.34. The SMILES string of the molecule is CCC(CC)C(O)CN1CC(C)(C)C1. The van der Waals surface area contributed by atoms with Gasteiger partial charge in [-0.15, -0.1) is 0 Å². The summed E-state index contributed by atoms with van der Waals surface area (Å²) < 4.78 is 0. The molecule has 84 valence electrons. The van der Waals surface area contributed by atoms with Crippen LogP contribution < -0.4 is 0 Å². The summed E-state index contributed by atoms with van der Waals surface area (Å²) in [6, 6.07) is 0. The van der Waals surface area contributed by atoms with Crippen molar-refractivity contribution in [3.05, 3.63) is 0 Å². The second-order valence-electron chi connectivity index (χ2n) is 5.48. The number of nitrogens with zero attached hydrogens (tertiary/aromatic N) is 1. The molecule has 2 nitrogen and oxygen atoms in total. The van der Waals surface area contributed by atoms with Crippen LogP contribution in [-0.4, -0.2) is 35.7 Å². The number of likely N-dealkylation sites (tertiary alicyclic amines) is 1. The second kappa shape index (κ2) is 4.63. The third-order valence-corrected chi connectivity index (χ3v) is 3.34. The van der Waals surface area contributed by atoms with Gasteiger partial charge in [0, 0.05) is 19.6 Å². The highest BCUT2D eigenvalue weighted by atomic mass is 16.3. The summed E-state index contributed by atoms with van der Waals surface area (Å²) >= 11 is 0. The monoisotopic (exact) mass is 199 g/mol. The van der Waals surface area contributed by atoms with Crippen LogP contribution in [0.3, 0.4) is 0 Å². The second-order valence-corrected chi connectivity index (χ2v) is 5.48. The maximum atomic E-state index is 9.97. The number of hydrogen-bond acceptors (Lipinski definition) is 2. The van der Waals surface area contributed by atoms with E-state index in [0.717, 1.165) is 32.5 Å². The maximum Gasteiger partial charge on any atom is 0.0695 e. The summed E-state index contributed by atoms with van der Waals surface area (Å²) in [6.45, 7) is 12.1. The van der Waals surface area contributed by atoms with Gasteiger partial charge in [0.15, 0.2) is 0 Å². The summed E-state index contributed by atoms with van der Waals surface area (Å²) in [5.74, 6) is 0.485. The van der Waals surface area contributed by atoms with Gasteiger partial charge in [-0.05, 0) is 11.3 Å². The smallest absolute Gasteiger partial charge is 0.0695 e. The molecule has 1 aliphatic heterocycles. The maximum absolute atomic E-state index is 9.97. The first-order valence-corrected chi connectivity index (χ1v) is 5.89. The molecule has 0 aromatic rings. The van der Waals surface area contributed by atoms with Crippen LogP contribution in [0.1, 0.15) is 40.5 Å². The zero-order valence-electron chi connectivity index (χ0n) is 10.1. The van der Waals surface area contributed by atoms with Crippen LogP contribution in [0.4, 0.5) is 0 Å². The minimum Gasteiger partial charge on any atom is -0.392 e. The van der Waals surface area contributed by atoms with Gasteiger partial charge in [-0.1, -0.05) is 40.5 Å². The first-order chi connectivity index (χ1) is 6.48. The first kappa shape index (κ1) is 12.0. The van der Waals surface area contributed by atoms with Gasteiger partial charge in [-0.2, -0.15) is 0 Å². The molecule has 0 amide bonds. The van der Waals surface area contributed by atoms with Crippen molar-refractivity contribution in [2.24, 2.45) is 11.3 Å². The molecule has 0 aromatic carbocycles. The van der Waals surface area contributed by atoms with Crippen molar-refractivity contribution in [2.45, 2.75) is 46.6 Å². The van der Waals surface area contributed by atoms with E-state index in [4.69, 9.17) is 0 Å². The highest BCUT2D eigenvalue weighted by molar-refractivity contribution is 4.89. The van der Waals surface area contributed by atoms with Crippen molar-refractivity contribution in [2.75, 3.05) is 19.6 Å². The molecule has 14 heavy (non-hydrogen) atoms. The molecular weight excluding hydrogens is 174 g/mol. The predicted molar refractivity (Wildman–Crippen MR) is 60.3 cm³/mol. The fourth-order valence-electron chi connectivity index (χ4n) is 2.54. The number of β-amino-alcohol motifs (C(OH)–C–C–N with tert-alkyl or cyclic N) is 1. The highest BCUT2D eigenvalue weighted by Gasteiger charge is 2.35. The molecular formula is C12H25NO. The molecule has 1 unspecified atom stereocenters. The molecule has 1 aliphatic rings. The molecule has 0 spiro atoms. The van der Waals surface area contributed by atoms with E-state index in [1.807, 2.05) is 0 Å². The average Bonchev–Trinajstić information content (AvgIpc) is 2.03. The minimum absolute atomic E-state index is 0.124. The van der Waals surface area contributed by atoms with E-state index >= 15 is 0 Å². The molecule has 1 fully saturated rings. The molecule has 2 heteroatoms. The third kappa shape index (κ3) is 2.96. The van der Waals surface area contributed by atoms with Gasteiger partial charge in [0.25, 0.3) is 0 Å². The van der Waals surface area contributed by atoms with E-state index in [9.17, 15) is 5.11 Å². The minimum atomic E-state index is -0.124. The van der Waals surface area contributed by atoms with Crippen LogP contribution >= 0.6 is 0 Å². The Hall–Kier alpha value is -0.0800. The van der Waals surface area contributed by atoms with E-state index in [-0.39, 0.29) is 6.10 Å². The first-order valence-electron chi connectivity index (χ1n) is 5.89. The topological polar surface area (TPSA) is 23.5 Å². The van der Waals surface area contributed by atoms with E-state index in [2.05, 4.69) is 32.6 Å². The molecule has 1 atom stereocenters. The average molecular weight is 199 g/mol. The number of rotatable bonds is 5. The Kier molecular flexibility index (Phi) is 3.96. The quantitative estimate of drug-likeness (QED) is 0.733. The van der Waals surface area contributed by atoms with Gasteiger partial charge in [0.05, 0.1) is 6.10 Å². The lowest BCUT2D eigenvalue weighted by atomic mass is 9.83. The van der Waals surface area contributed by atoms with Crippen molar-refractivity contribution in [1.82, 2.24) is 4.90 Å². The van der Waals surface area contributed by atoms with Crippen LogP contribution in [0.2, 0.25) is 0 Å². The Morgan fingerprint density at radius 3 is 2.07 bits per heavy atom. The van der Waals surface area contributed by atoms with Crippen molar-refractivity contribution in [1.29, 1.82) is 0 Å². The van der Waals surface area contributed by atoms with Crippen LogP contribution in [0.5, 0.6) is 0 Å². The molecule has 0 bridgehead atoms. The van der Waals surface area contributed by atoms with Crippen LogP contribution in [0.15, 0.2) is 0 Å². The normalized spacial score (nSPS) is 23.6. The van der Waals surface area contributed by atoms with Gasteiger partial charge in [-0.3, -0.25) is 4.90 Å². The number of hydrogen-bond donors (Lipinski definition) is 1.